The van der Waals surface area contributed by atoms with Gasteiger partial charge in [-0.3, -0.25) is 19.7 Å². The van der Waals surface area contributed by atoms with E-state index in [2.05, 4.69) is 0 Å². The Kier molecular flexibility index (Phi) is 4.10. The lowest BCUT2D eigenvalue weighted by Crippen LogP contribution is -2.41. The van der Waals surface area contributed by atoms with Gasteiger partial charge in [0.2, 0.25) is 0 Å². The van der Waals surface area contributed by atoms with Crippen LogP contribution in [-0.4, -0.2) is 28.3 Å². The molecule has 25 heavy (non-hydrogen) atoms. The molecule has 1 amide bonds. The molecule has 3 rings (SSSR count). The number of nitro groups is 1. The molecule has 0 unspecified atom stereocenters. The molecule has 0 spiro atoms. The predicted octanol–water partition coefficient (Wildman–Crippen LogP) is 2.42. The monoisotopic (exact) mass is 340 g/mol. The molecule has 0 saturated carbocycles. The van der Waals surface area contributed by atoms with Crippen molar-refractivity contribution in [2.45, 2.75) is 18.9 Å². The quantitative estimate of drug-likeness (QED) is 0.512. The van der Waals surface area contributed by atoms with Crippen molar-refractivity contribution >= 4 is 23.1 Å². The molecule has 2 aromatic carbocycles. The zero-order valence-corrected chi connectivity index (χ0v) is 13.5. The molecule has 0 aromatic heterocycles. The Balaban J connectivity index is 2.02. The summed E-state index contributed by atoms with van der Waals surface area (Å²) in [5.41, 5.74) is -1.60. The summed E-state index contributed by atoms with van der Waals surface area (Å²) in [7, 11) is 0. The fourth-order valence-corrected chi connectivity index (χ4v) is 3.19. The summed E-state index contributed by atoms with van der Waals surface area (Å²) in [6, 6.07) is 12.2. The number of nitro benzene ring substituents is 1. The second-order valence-corrected chi connectivity index (χ2v) is 5.80. The van der Waals surface area contributed by atoms with Gasteiger partial charge in [-0.15, -0.1) is 0 Å². The van der Waals surface area contributed by atoms with Crippen molar-refractivity contribution in [1.82, 2.24) is 0 Å². The van der Waals surface area contributed by atoms with Crippen LogP contribution >= 0.6 is 0 Å². The van der Waals surface area contributed by atoms with E-state index in [-0.39, 0.29) is 11.3 Å². The average molecular weight is 340 g/mol. The molecule has 0 fully saturated rings. The van der Waals surface area contributed by atoms with Gasteiger partial charge in [-0.1, -0.05) is 30.3 Å². The SMILES string of the molecule is CCN1C(=O)[C@](O)(CC(=O)c2ccccc2[N+](=O)[O-])c2ccccc21. The van der Waals surface area contributed by atoms with Crippen LogP contribution < -0.4 is 4.90 Å². The normalized spacial score (nSPS) is 19.0. The largest absolute Gasteiger partial charge is 0.375 e. The first-order valence-electron chi connectivity index (χ1n) is 7.80. The van der Waals surface area contributed by atoms with Crippen molar-refractivity contribution in [2.75, 3.05) is 11.4 Å². The number of Topliss-reactive ketones (excluding diaryl/α,β-unsaturated/α-hetero) is 1. The highest BCUT2D eigenvalue weighted by Crippen LogP contribution is 2.43. The maximum absolute atomic E-state index is 12.7. The summed E-state index contributed by atoms with van der Waals surface area (Å²) < 4.78 is 0. The molecule has 128 valence electrons. The van der Waals surface area contributed by atoms with E-state index >= 15 is 0 Å². The van der Waals surface area contributed by atoms with Gasteiger partial charge in [0.05, 0.1) is 22.6 Å². The summed E-state index contributed by atoms with van der Waals surface area (Å²) in [6.07, 6.45) is -0.551. The lowest BCUT2D eigenvalue weighted by Gasteiger charge is -2.22. The number of rotatable bonds is 5. The Morgan fingerprint density at radius 3 is 2.52 bits per heavy atom. The number of anilines is 1. The minimum atomic E-state index is -2.02. The smallest absolute Gasteiger partial charge is 0.280 e. The van der Waals surface area contributed by atoms with Gasteiger partial charge in [0, 0.05) is 18.2 Å². The maximum Gasteiger partial charge on any atom is 0.280 e. The fraction of sp³-hybridized carbons (Fsp3) is 0.222. The van der Waals surface area contributed by atoms with E-state index in [1.165, 1.54) is 29.2 Å². The van der Waals surface area contributed by atoms with E-state index in [1.807, 2.05) is 0 Å². The van der Waals surface area contributed by atoms with Gasteiger partial charge in [0.15, 0.2) is 11.4 Å². The van der Waals surface area contributed by atoms with Crippen molar-refractivity contribution in [1.29, 1.82) is 0 Å². The maximum atomic E-state index is 12.7. The molecule has 1 heterocycles. The first kappa shape index (κ1) is 16.8. The minimum Gasteiger partial charge on any atom is -0.375 e. The standard InChI is InChI=1S/C18H16N2O5/c1-2-19-15-10-6-4-8-13(15)18(23,17(19)22)11-16(21)12-7-3-5-9-14(12)20(24)25/h3-10,23H,2,11H2,1H3/t18-/m0/s1. The molecule has 1 aliphatic rings. The number of likely N-dealkylation sites (N-methyl/N-ethyl adjacent to an activating group) is 1. The second kappa shape index (κ2) is 6.10. The molecule has 1 aliphatic heterocycles. The number of benzene rings is 2. The third-order valence-corrected chi connectivity index (χ3v) is 4.37. The van der Waals surface area contributed by atoms with Crippen LogP contribution in [0.25, 0.3) is 0 Å². The number of fused-ring (bicyclic) bond motifs is 1. The Labute approximate surface area is 143 Å². The summed E-state index contributed by atoms with van der Waals surface area (Å²) in [6.45, 7) is 2.11. The number of amides is 1. The number of carbonyl (C=O) groups excluding carboxylic acids is 2. The highest BCUT2D eigenvalue weighted by molar-refractivity contribution is 6.11. The molecular weight excluding hydrogens is 324 g/mol. The van der Waals surface area contributed by atoms with Crippen molar-refractivity contribution in [2.24, 2.45) is 0 Å². The van der Waals surface area contributed by atoms with Crippen molar-refractivity contribution in [3.05, 3.63) is 69.8 Å². The third-order valence-electron chi connectivity index (χ3n) is 4.37. The molecule has 0 radical (unpaired) electrons. The zero-order chi connectivity index (χ0) is 18.2. The summed E-state index contributed by atoms with van der Waals surface area (Å²) in [4.78, 5) is 37.2. The van der Waals surface area contributed by atoms with Crippen LogP contribution in [0.15, 0.2) is 48.5 Å². The Bertz CT molecular complexity index is 879. The van der Waals surface area contributed by atoms with Crippen molar-refractivity contribution in [3.63, 3.8) is 0 Å². The van der Waals surface area contributed by atoms with Crippen LogP contribution in [0.4, 0.5) is 11.4 Å². The van der Waals surface area contributed by atoms with Crippen LogP contribution in [0, 0.1) is 10.1 Å². The summed E-state index contributed by atoms with van der Waals surface area (Å²) in [5, 5.41) is 22.1. The summed E-state index contributed by atoms with van der Waals surface area (Å²) in [5.74, 6) is -1.25. The van der Waals surface area contributed by atoms with E-state index in [0.717, 1.165) is 0 Å². The van der Waals surface area contributed by atoms with Crippen LogP contribution in [0.1, 0.15) is 29.3 Å². The highest BCUT2D eigenvalue weighted by Gasteiger charge is 2.50. The van der Waals surface area contributed by atoms with Crippen LogP contribution in [0.3, 0.4) is 0 Å². The van der Waals surface area contributed by atoms with Gasteiger partial charge < -0.3 is 10.0 Å². The van der Waals surface area contributed by atoms with Crippen LogP contribution in [0.5, 0.6) is 0 Å². The first-order chi connectivity index (χ1) is 11.9. The van der Waals surface area contributed by atoms with Gasteiger partial charge in [0.1, 0.15) is 0 Å². The number of carbonyl (C=O) groups is 2. The summed E-state index contributed by atoms with van der Waals surface area (Å²) >= 11 is 0. The van der Waals surface area contributed by atoms with E-state index in [0.29, 0.717) is 17.8 Å². The molecule has 2 aromatic rings. The number of hydrogen-bond acceptors (Lipinski definition) is 5. The van der Waals surface area contributed by atoms with E-state index in [1.54, 1.807) is 31.2 Å². The predicted molar refractivity (Wildman–Crippen MR) is 90.4 cm³/mol. The van der Waals surface area contributed by atoms with E-state index in [9.17, 15) is 24.8 Å². The van der Waals surface area contributed by atoms with Crippen LogP contribution in [0.2, 0.25) is 0 Å². The van der Waals surface area contributed by atoms with Gasteiger partial charge in [-0.2, -0.15) is 0 Å². The number of ketones is 1. The highest BCUT2D eigenvalue weighted by atomic mass is 16.6. The number of aliphatic hydroxyl groups is 1. The number of para-hydroxylation sites is 2. The van der Waals surface area contributed by atoms with Gasteiger partial charge in [-0.05, 0) is 19.1 Å². The number of nitrogens with zero attached hydrogens (tertiary/aromatic N) is 2. The lowest BCUT2D eigenvalue weighted by atomic mass is 9.88. The Hall–Kier alpha value is -3.06. The van der Waals surface area contributed by atoms with Gasteiger partial charge >= 0.3 is 0 Å². The first-order valence-corrected chi connectivity index (χ1v) is 7.80. The zero-order valence-electron chi connectivity index (χ0n) is 13.5. The molecule has 0 saturated heterocycles. The minimum absolute atomic E-state index is 0.124. The van der Waals surface area contributed by atoms with Gasteiger partial charge in [-0.25, -0.2) is 0 Å². The van der Waals surface area contributed by atoms with E-state index < -0.39 is 28.6 Å². The van der Waals surface area contributed by atoms with Crippen molar-refractivity contribution in [3.8, 4) is 0 Å². The molecule has 0 bridgehead atoms. The second-order valence-electron chi connectivity index (χ2n) is 5.80. The average Bonchev–Trinajstić information content (AvgIpc) is 2.82. The van der Waals surface area contributed by atoms with Crippen LogP contribution in [-0.2, 0) is 10.4 Å². The molecule has 1 atom stereocenters. The fourth-order valence-electron chi connectivity index (χ4n) is 3.19. The number of hydrogen-bond donors (Lipinski definition) is 1. The topological polar surface area (TPSA) is 101 Å². The molecule has 0 aliphatic carbocycles. The molecule has 7 nitrogen and oxygen atoms in total. The molecule has 7 heteroatoms. The van der Waals surface area contributed by atoms with Crippen molar-refractivity contribution < 1.29 is 19.6 Å². The molecular formula is C18H16N2O5. The van der Waals surface area contributed by atoms with Gasteiger partial charge in [0.25, 0.3) is 11.6 Å². The molecule has 1 N–H and O–H groups in total. The third kappa shape index (κ3) is 2.58. The Morgan fingerprint density at radius 2 is 1.84 bits per heavy atom. The van der Waals surface area contributed by atoms with E-state index in [4.69, 9.17) is 0 Å². The Morgan fingerprint density at radius 1 is 1.20 bits per heavy atom. The lowest BCUT2D eigenvalue weighted by molar-refractivity contribution is -0.385.